The minimum atomic E-state index is -3.46. The average molecular weight is 334 g/mol. The van der Waals surface area contributed by atoms with Crippen LogP contribution < -0.4 is 0 Å². The van der Waals surface area contributed by atoms with Gasteiger partial charge in [-0.3, -0.25) is 4.85 Å². The number of carboxylic acid groups (broad SMARTS) is 1. The summed E-state index contributed by atoms with van der Waals surface area (Å²) in [5, 5.41) is 7.43. The molecule has 2 N–H and O–H groups in total. The van der Waals surface area contributed by atoms with Gasteiger partial charge in [0.1, 0.15) is 0 Å². The summed E-state index contributed by atoms with van der Waals surface area (Å²) in [7, 11) is -3.46. The lowest BCUT2D eigenvalue weighted by Crippen LogP contribution is -2.13. The van der Waals surface area contributed by atoms with Crippen LogP contribution in [0.4, 0.5) is 0 Å². The van der Waals surface area contributed by atoms with E-state index in [0.29, 0.717) is 5.56 Å². The predicted octanol–water partition coefficient (Wildman–Crippen LogP) is 3.06. The van der Waals surface area contributed by atoms with E-state index >= 15 is 0 Å². The van der Waals surface area contributed by atoms with Crippen molar-refractivity contribution in [2.75, 3.05) is 0 Å². The Kier molecular flexibility index (Phi) is 6.10. The Balaban J connectivity index is 0.000000253. The molecule has 0 bridgehead atoms. The summed E-state index contributed by atoms with van der Waals surface area (Å²) < 4.78 is 23.3. The standard InChI is InChI=1S/C10H11NO2S.C6H7NO2/c1-8-4-6-10(7-5-8)14(12,13)9(2)11-3;1-4-2-7-3-5(4)6(8)9/h4-7,9H,1-2H3;2-3,7H,1H3,(H,8,9). The lowest BCUT2D eigenvalue weighted by molar-refractivity contribution is 0.0696. The SMILES string of the molecule is Cc1c[nH]cc1C(=O)O.[C-]#[N+]C(C)S(=O)(=O)c1ccc(C)cc1. The molecular weight excluding hydrogens is 316 g/mol. The zero-order valence-corrected chi connectivity index (χ0v) is 13.9. The molecule has 0 aliphatic heterocycles. The molecule has 0 amide bonds. The van der Waals surface area contributed by atoms with Crippen molar-refractivity contribution in [3.8, 4) is 0 Å². The van der Waals surface area contributed by atoms with Crippen LogP contribution in [-0.2, 0) is 9.84 Å². The maximum Gasteiger partial charge on any atom is 0.337 e. The highest BCUT2D eigenvalue weighted by molar-refractivity contribution is 7.92. The molecule has 23 heavy (non-hydrogen) atoms. The van der Waals surface area contributed by atoms with E-state index in [-0.39, 0.29) is 4.90 Å². The van der Waals surface area contributed by atoms with Crippen LogP contribution in [0.3, 0.4) is 0 Å². The molecule has 0 aliphatic rings. The van der Waals surface area contributed by atoms with E-state index in [4.69, 9.17) is 11.7 Å². The number of aryl methyl sites for hydroxylation is 2. The van der Waals surface area contributed by atoms with Crippen LogP contribution in [0.2, 0.25) is 0 Å². The molecule has 122 valence electrons. The van der Waals surface area contributed by atoms with Gasteiger partial charge in [0.15, 0.2) is 0 Å². The minimum Gasteiger partial charge on any atom is -0.478 e. The molecule has 0 saturated heterocycles. The molecule has 0 spiro atoms. The van der Waals surface area contributed by atoms with Gasteiger partial charge in [-0.1, -0.05) is 17.7 Å². The normalized spacial score (nSPS) is 11.7. The number of sulfone groups is 1. The monoisotopic (exact) mass is 334 g/mol. The highest BCUT2D eigenvalue weighted by atomic mass is 32.2. The number of nitrogens with zero attached hydrogens (tertiary/aromatic N) is 1. The van der Waals surface area contributed by atoms with Crippen LogP contribution in [0.5, 0.6) is 0 Å². The first-order chi connectivity index (χ1) is 10.7. The molecular formula is C16H18N2O4S. The topological polar surface area (TPSA) is 91.6 Å². The smallest absolute Gasteiger partial charge is 0.337 e. The van der Waals surface area contributed by atoms with Gasteiger partial charge in [-0.25, -0.2) is 19.8 Å². The zero-order chi connectivity index (χ0) is 17.6. The molecule has 0 saturated carbocycles. The van der Waals surface area contributed by atoms with Gasteiger partial charge in [-0.15, -0.1) is 0 Å². The van der Waals surface area contributed by atoms with Gasteiger partial charge in [-0.2, -0.15) is 0 Å². The predicted molar refractivity (Wildman–Crippen MR) is 86.9 cm³/mol. The van der Waals surface area contributed by atoms with Crippen LogP contribution in [-0.4, -0.2) is 29.9 Å². The molecule has 1 unspecified atom stereocenters. The molecule has 6 nitrogen and oxygen atoms in total. The molecule has 1 atom stereocenters. The van der Waals surface area contributed by atoms with Gasteiger partial charge in [0.05, 0.1) is 10.5 Å². The van der Waals surface area contributed by atoms with Gasteiger partial charge in [0.2, 0.25) is 0 Å². The molecule has 0 fully saturated rings. The quantitative estimate of drug-likeness (QED) is 0.844. The fraction of sp³-hybridized carbons (Fsp3) is 0.250. The number of hydrogen-bond donors (Lipinski definition) is 2. The Hall–Kier alpha value is -2.59. The van der Waals surface area contributed by atoms with Crippen LogP contribution >= 0.6 is 0 Å². The third kappa shape index (κ3) is 4.69. The highest BCUT2D eigenvalue weighted by Gasteiger charge is 2.27. The number of aromatic amines is 1. The Labute approximate surface area is 135 Å². The second-order valence-electron chi connectivity index (χ2n) is 4.94. The van der Waals surface area contributed by atoms with Crippen molar-refractivity contribution in [3.05, 3.63) is 64.8 Å². The summed E-state index contributed by atoms with van der Waals surface area (Å²) >= 11 is 0. The first-order valence-corrected chi connectivity index (χ1v) is 8.28. The van der Waals surface area contributed by atoms with Crippen LogP contribution in [0.15, 0.2) is 41.6 Å². The van der Waals surface area contributed by atoms with E-state index in [9.17, 15) is 13.2 Å². The summed E-state index contributed by atoms with van der Waals surface area (Å²) in [4.78, 5) is 16.2. The minimum absolute atomic E-state index is 0.214. The number of rotatable bonds is 3. The van der Waals surface area contributed by atoms with Crippen LogP contribution in [0.25, 0.3) is 4.85 Å². The van der Waals surface area contributed by atoms with E-state index < -0.39 is 21.2 Å². The van der Waals surface area contributed by atoms with Gasteiger partial charge < -0.3 is 10.1 Å². The van der Waals surface area contributed by atoms with E-state index in [1.165, 1.54) is 25.3 Å². The maximum absolute atomic E-state index is 11.7. The third-order valence-electron chi connectivity index (χ3n) is 3.16. The fourth-order valence-corrected chi connectivity index (χ4v) is 2.71. The summed E-state index contributed by atoms with van der Waals surface area (Å²) in [5.74, 6) is -0.881. The zero-order valence-electron chi connectivity index (χ0n) is 13.1. The summed E-state index contributed by atoms with van der Waals surface area (Å²) in [6.07, 6.45) is 3.13. The molecule has 1 aromatic carbocycles. The molecule has 7 heteroatoms. The third-order valence-corrected chi connectivity index (χ3v) is 5.10. The molecule has 2 aromatic rings. The van der Waals surface area contributed by atoms with E-state index in [2.05, 4.69) is 9.83 Å². The number of aromatic carboxylic acids is 1. The molecule has 1 aromatic heterocycles. The molecule has 0 aliphatic carbocycles. The summed E-state index contributed by atoms with van der Waals surface area (Å²) in [6, 6.07) is 6.52. The Morgan fingerprint density at radius 2 is 1.78 bits per heavy atom. The first-order valence-electron chi connectivity index (χ1n) is 6.74. The van der Waals surface area contributed by atoms with Crippen molar-refractivity contribution in [1.29, 1.82) is 0 Å². The number of aromatic nitrogens is 1. The summed E-state index contributed by atoms with van der Waals surface area (Å²) in [5.41, 5.74) is 2.11. The Morgan fingerprint density at radius 3 is 2.13 bits per heavy atom. The largest absolute Gasteiger partial charge is 0.478 e. The fourth-order valence-electron chi connectivity index (χ4n) is 1.67. The molecule has 0 radical (unpaired) electrons. The van der Waals surface area contributed by atoms with Gasteiger partial charge >= 0.3 is 11.3 Å². The van der Waals surface area contributed by atoms with Gasteiger partial charge in [0, 0.05) is 19.3 Å². The number of hydrogen-bond acceptors (Lipinski definition) is 3. The van der Waals surface area contributed by atoms with Gasteiger partial charge in [-0.05, 0) is 31.5 Å². The Bertz CT molecular complexity index is 815. The number of H-pyrrole nitrogens is 1. The Morgan fingerprint density at radius 1 is 1.22 bits per heavy atom. The van der Waals surface area contributed by atoms with E-state index in [1.807, 2.05) is 6.92 Å². The summed E-state index contributed by atoms with van der Waals surface area (Å²) in [6.45, 7) is 11.7. The second kappa shape index (κ2) is 7.61. The number of carboxylic acids is 1. The highest BCUT2D eigenvalue weighted by Crippen LogP contribution is 2.17. The van der Waals surface area contributed by atoms with Crippen LogP contribution in [0, 0.1) is 20.4 Å². The van der Waals surface area contributed by atoms with Crippen molar-refractivity contribution in [2.45, 2.75) is 31.0 Å². The molecule has 1 heterocycles. The van der Waals surface area contributed by atoms with Gasteiger partial charge in [0.25, 0.3) is 9.84 Å². The second-order valence-corrected chi connectivity index (χ2v) is 7.19. The first kappa shape index (κ1) is 18.5. The van der Waals surface area contributed by atoms with Crippen LogP contribution in [0.1, 0.15) is 28.4 Å². The lowest BCUT2D eigenvalue weighted by atomic mass is 10.2. The number of nitrogens with one attached hydrogen (secondary N) is 1. The number of carbonyl (C=O) groups is 1. The van der Waals surface area contributed by atoms with Crippen molar-refractivity contribution in [3.63, 3.8) is 0 Å². The van der Waals surface area contributed by atoms with Crippen molar-refractivity contribution < 1.29 is 18.3 Å². The van der Waals surface area contributed by atoms with Crippen molar-refractivity contribution in [2.24, 2.45) is 0 Å². The average Bonchev–Trinajstić information content (AvgIpc) is 2.94. The lowest BCUT2D eigenvalue weighted by Gasteiger charge is -2.02. The van der Waals surface area contributed by atoms with Crippen molar-refractivity contribution >= 4 is 15.8 Å². The number of benzene rings is 1. The molecule has 2 rings (SSSR count). The van der Waals surface area contributed by atoms with E-state index in [1.54, 1.807) is 25.3 Å². The maximum atomic E-state index is 11.7. The van der Waals surface area contributed by atoms with E-state index in [0.717, 1.165) is 11.1 Å². The van der Waals surface area contributed by atoms with Crippen molar-refractivity contribution in [1.82, 2.24) is 4.98 Å².